The zero-order chi connectivity index (χ0) is 45.9. The summed E-state index contributed by atoms with van der Waals surface area (Å²) in [5.41, 5.74) is 14.1. The number of carbonyl (C=O) groups is 4. The number of nitrogens with two attached hydrogens (primary N) is 2. The molecule has 0 spiro atoms. The lowest BCUT2D eigenvalue weighted by molar-refractivity contribution is 0.236. The first kappa shape index (κ1) is 46.4. The minimum atomic E-state index is -0.938. The van der Waals surface area contributed by atoms with Gasteiger partial charge in [0.05, 0.1) is 0 Å². The molecule has 0 radical (unpaired) electrons. The predicted molar refractivity (Wildman–Crippen MR) is 259 cm³/mol. The number of anilines is 2. The van der Waals surface area contributed by atoms with E-state index in [0.717, 1.165) is 22.3 Å². The van der Waals surface area contributed by atoms with Crippen molar-refractivity contribution in [1.29, 1.82) is 0 Å². The molecule has 10 nitrogen and oxygen atoms in total. The molecule has 7 aromatic carbocycles. The van der Waals surface area contributed by atoms with Crippen molar-refractivity contribution in [2.45, 2.75) is 105 Å². The second kappa shape index (κ2) is 17.7. The highest BCUT2D eigenvalue weighted by Gasteiger charge is 2.25. The van der Waals surface area contributed by atoms with Gasteiger partial charge in [0.2, 0.25) is 0 Å². The Morgan fingerprint density at radius 3 is 0.952 bits per heavy atom. The number of amides is 8. The number of fused-ring (bicyclic) bond motifs is 2. The normalized spacial score (nSPS) is 11.9. The highest BCUT2D eigenvalue weighted by molar-refractivity contribution is 6.32. The lowest BCUT2D eigenvalue weighted by Gasteiger charge is -2.27. The maximum Gasteiger partial charge on any atom is 0.327 e. The number of imide groups is 2. The zero-order valence-electron chi connectivity index (χ0n) is 38.2. The van der Waals surface area contributed by atoms with Gasteiger partial charge in [-0.2, -0.15) is 0 Å². The Balaban J connectivity index is 0.000000222. The standard InChI is InChI=1S/C30H45N3O2.C20H12.C2H5N3O2/c1-27(2,3)19-13-15-21(29(7,8)9)23(17-19)31-25(34)33-26(35)32-24-18-20(28(4,5)6)14-16-22(24)30(10,11)12;1-5-13-6-2-11-17-18-12-4-8-14-7-3-10-16(20(14)18)15(9-1)19(13)17;3-1(6)5-2(4)7/h13-18H,1-12H3,(H3,31,32,33,34,35);1-12H;(H5,3,4,5,6,7). The van der Waals surface area contributed by atoms with Gasteiger partial charge in [0.1, 0.15) is 0 Å². The molecule has 0 atom stereocenters. The van der Waals surface area contributed by atoms with E-state index in [2.05, 4.69) is 208 Å². The van der Waals surface area contributed by atoms with Gasteiger partial charge in [0.25, 0.3) is 0 Å². The van der Waals surface area contributed by atoms with Gasteiger partial charge in [-0.25, -0.2) is 19.2 Å². The van der Waals surface area contributed by atoms with Crippen LogP contribution in [0.5, 0.6) is 0 Å². The van der Waals surface area contributed by atoms with Crippen LogP contribution in [0.15, 0.2) is 109 Å². The highest BCUT2D eigenvalue weighted by atomic mass is 16.2. The van der Waals surface area contributed by atoms with Crippen LogP contribution >= 0.6 is 0 Å². The summed E-state index contributed by atoms with van der Waals surface area (Å²) in [5, 5.41) is 20.7. The Hall–Kier alpha value is -6.68. The molecule has 8 N–H and O–H groups in total. The summed E-state index contributed by atoms with van der Waals surface area (Å²) in [5.74, 6) is 0. The van der Waals surface area contributed by atoms with Crippen molar-refractivity contribution in [2.24, 2.45) is 11.5 Å². The van der Waals surface area contributed by atoms with Crippen molar-refractivity contribution in [3.63, 3.8) is 0 Å². The summed E-state index contributed by atoms with van der Waals surface area (Å²) in [6.45, 7) is 25.4. The summed E-state index contributed by atoms with van der Waals surface area (Å²) >= 11 is 0. The average Bonchev–Trinajstić information content (AvgIpc) is 3.15. The number of rotatable bonds is 2. The monoisotopic (exact) mass is 834 g/mol. The molecule has 7 rings (SSSR count). The summed E-state index contributed by atoms with van der Waals surface area (Å²) in [7, 11) is 0. The lowest BCUT2D eigenvalue weighted by Crippen LogP contribution is -2.38. The van der Waals surface area contributed by atoms with Crippen LogP contribution in [-0.2, 0) is 21.7 Å². The Kier molecular flexibility index (Phi) is 13.3. The van der Waals surface area contributed by atoms with E-state index in [0.29, 0.717) is 11.4 Å². The number of hydrogen-bond donors (Lipinski definition) is 6. The molecule has 0 heterocycles. The van der Waals surface area contributed by atoms with E-state index in [-0.39, 0.29) is 21.7 Å². The molecule has 8 amide bonds. The average molecular weight is 835 g/mol. The van der Waals surface area contributed by atoms with Crippen LogP contribution in [0.1, 0.15) is 105 Å². The largest absolute Gasteiger partial charge is 0.351 e. The fourth-order valence-electron chi connectivity index (χ4n) is 7.65. The number of urea groups is 4. The van der Waals surface area contributed by atoms with Crippen molar-refractivity contribution >= 4 is 78.6 Å². The number of carbonyl (C=O) groups excluding carboxylic acids is 4. The molecule has 0 bridgehead atoms. The minimum absolute atomic E-state index is 0.0673. The van der Waals surface area contributed by atoms with Crippen LogP contribution in [-0.4, -0.2) is 24.1 Å². The van der Waals surface area contributed by atoms with Crippen molar-refractivity contribution < 1.29 is 19.2 Å². The highest BCUT2D eigenvalue weighted by Crippen LogP contribution is 2.40. The maximum atomic E-state index is 12.9. The van der Waals surface area contributed by atoms with Crippen molar-refractivity contribution in [2.75, 3.05) is 10.6 Å². The molecule has 0 saturated carbocycles. The molecule has 7 aromatic rings. The fraction of sp³-hybridized carbons (Fsp3) is 0.308. The van der Waals surface area contributed by atoms with Crippen LogP contribution in [0, 0.1) is 0 Å². The SMILES string of the molecule is CC(C)(C)c1ccc(C(C)(C)C)c(NC(=O)NC(=O)Nc2cc(C(C)(C)C)ccc2C(C)(C)C)c1.NC(=O)NC(N)=O.c1cc2cccc3c4cccc5cccc(c(c1)c23)c54. The minimum Gasteiger partial charge on any atom is -0.351 e. The number of primary amides is 2. The number of nitrogens with one attached hydrogen (secondary N) is 4. The van der Waals surface area contributed by atoms with E-state index < -0.39 is 24.1 Å². The second-order valence-electron chi connectivity index (χ2n) is 19.8. The van der Waals surface area contributed by atoms with E-state index in [9.17, 15) is 19.2 Å². The molecule has 0 saturated heterocycles. The third-order valence-corrected chi connectivity index (χ3v) is 10.7. The quantitative estimate of drug-likeness (QED) is 0.0753. The van der Waals surface area contributed by atoms with Crippen molar-refractivity contribution in [3.8, 4) is 0 Å². The molecule has 10 heteroatoms. The van der Waals surface area contributed by atoms with Gasteiger partial charge in [-0.1, -0.05) is 180 Å². The Bertz CT molecular complexity index is 2510. The molecule has 0 aliphatic carbocycles. The first-order chi connectivity index (χ1) is 28.8. The van der Waals surface area contributed by atoms with E-state index in [1.807, 2.05) is 12.1 Å². The molecular weight excluding hydrogens is 773 g/mol. The third kappa shape index (κ3) is 11.0. The molecule has 0 unspecified atom stereocenters. The van der Waals surface area contributed by atoms with Crippen LogP contribution in [0.25, 0.3) is 43.1 Å². The van der Waals surface area contributed by atoms with E-state index >= 15 is 0 Å². The summed E-state index contributed by atoms with van der Waals surface area (Å²) in [4.78, 5) is 45.0. The zero-order valence-corrected chi connectivity index (χ0v) is 38.2. The van der Waals surface area contributed by atoms with Gasteiger partial charge in [-0.05, 0) is 99.1 Å². The maximum absolute atomic E-state index is 12.9. The van der Waals surface area contributed by atoms with E-state index in [1.165, 1.54) is 43.1 Å². The van der Waals surface area contributed by atoms with Crippen LogP contribution in [0.4, 0.5) is 30.6 Å². The van der Waals surface area contributed by atoms with Gasteiger partial charge in [-0.15, -0.1) is 0 Å². The number of hydrogen-bond acceptors (Lipinski definition) is 4. The first-order valence-corrected chi connectivity index (χ1v) is 20.8. The van der Waals surface area contributed by atoms with Gasteiger partial charge in [0, 0.05) is 11.4 Å². The summed E-state index contributed by atoms with van der Waals surface area (Å²) in [6.07, 6.45) is 0. The predicted octanol–water partition coefficient (Wildman–Crippen LogP) is 12.7. The van der Waals surface area contributed by atoms with Gasteiger partial charge < -0.3 is 22.1 Å². The van der Waals surface area contributed by atoms with Gasteiger partial charge >= 0.3 is 24.1 Å². The van der Waals surface area contributed by atoms with Crippen LogP contribution < -0.4 is 32.7 Å². The van der Waals surface area contributed by atoms with Crippen molar-refractivity contribution in [1.82, 2.24) is 10.6 Å². The smallest absolute Gasteiger partial charge is 0.327 e. The van der Waals surface area contributed by atoms with Crippen molar-refractivity contribution in [3.05, 3.63) is 131 Å². The first-order valence-electron chi connectivity index (χ1n) is 20.8. The molecule has 0 aliphatic heterocycles. The van der Waals surface area contributed by atoms with Crippen LogP contribution in [0.3, 0.4) is 0 Å². The van der Waals surface area contributed by atoms with E-state index in [4.69, 9.17) is 0 Å². The van der Waals surface area contributed by atoms with Gasteiger partial charge in [-0.3, -0.25) is 10.6 Å². The van der Waals surface area contributed by atoms with E-state index in [1.54, 1.807) is 5.32 Å². The molecule has 0 fully saturated rings. The molecule has 62 heavy (non-hydrogen) atoms. The number of benzene rings is 7. The Morgan fingerprint density at radius 2 is 0.710 bits per heavy atom. The summed E-state index contributed by atoms with van der Waals surface area (Å²) < 4.78 is 0. The molecular formula is C52H62N6O4. The van der Waals surface area contributed by atoms with Gasteiger partial charge in [0.15, 0.2) is 0 Å². The summed E-state index contributed by atoms with van der Waals surface area (Å²) in [6, 6.07) is 35.8. The molecule has 0 aliphatic rings. The second-order valence-corrected chi connectivity index (χ2v) is 19.8. The lowest BCUT2D eigenvalue weighted by atomic mass is 9.81. The third-order valence-electron chi connectivity index (χ3n) is 10.7. The fourth-order valence-corrected chi connectivity index (χ4v) is 7.65. The Labute approximate surface area is 365 Å². The van der Waals surface area contributed by atoms with Crippen LogP contribution in [0.2, 0.25) is 0 Å². The molecule has 324 valence electrons. The topological polar surface area (TPSA) is 168 Å². The Morgan fingerprint density at radius 1 is 0.403 bits per heavy atom. The molecule has 0 aromatic heterocycles.